The van der Waals surface area contributed by atoms with Gasteiger partial charge < -0.3 is 15.1 Å². The average Bonchev–Trinajstić information content (AvgIpc) is 2.92. The van der Waals surface area contributed by atoms with Crippen LogP contribution in [0, 0.1) is 11.6 Å². The van der Waals surface area contributed by atoms with Crippen LogP contribution in [-0.4, -0.2) is 6.03 Å². The molecular weight excluding hydrogens is 266 g/mol. The van der Waals surface area contributed by atoms with Gasteiger partial charge in [0, 0.05) is 0 Å². The van der Waals surface area contributed by atoms with E-state index in [1.54, 1.807) is 19.1 Å². The normalized spacial score (nSPS) is 11.9. The van der Waals surface area contributed by atoms with E-state index in [9.17, 15) is 13.6 Å². The second-order valence-electron chi connectivity index (χ2n) is 4.30. The van der Waals surface area contributed by atoms with Crippen molar-refractivity contribution in [3.8, 4) is 0 Å². The van der Waals surface area contributed by atoms with Crippen LogP contribution < -0.4 is 10.6 Å². The van der Waals surface area contributed by atoms with Gasteiger partial charge in [-0.3, -0.25) is 0 Å². The van der Waals surface area contributed by atoms with Crippen molar-refractivity contribution in [3.63, 3.8) is 0 Å². The summed E-state index contributed by atoms with van der Waals surface area (Å²) in [4.78, 5) is 11.6. The zero-order chi connectivity index (χ0) is 14.5. The minimum Gasteiger partial charge on any atom is -0.467 e. The molecule has 0 fully saturated rings. The fourth-order valence-electron chi connectivity index (χ4n) is 1.69. The summed E-state index contributed by atoms with van der Waals surface area (Å²) in [6.07, 6.45) is 1.51. The maximum absolute atomic E-state index is 13.1. The molecule has 2 aromatic rings. The minimum absolute atomic E-state index is 0.253. The monoisotopic (exact) mass is 280 g/mol. The molecule has 0 saturated carbocycles. The van der Waals surface area contributed by atoms with Crippen molar-refractivity contribution in [2.75, 3.05) is 0 Å². The van der Waals surface area contributed by atoms with Crippen LogP contribution in [0.3, 0.4) is 0 Å². The Labute approximate surface area is 114 Å². The molecule has 1 atom stereocenters. The second kappa shape index (κ2) is 6.18. The van der Waals surface area contributed by atoms with Gasteiger partial charge in [0.2, 0.25) is 0 Å². The number of carbonyl (C=O) groups excluding carboxylic acids is 1. The van der Waals surface area contributed by atoms with Crippen LogP contribution in [0.25, 0.3) is 0 Å². The Morgan fingerprint density at radius 3 is 2.75 bits per heavy atom. The highest BCUT2D eigenvalue weighted by atomic mass is 19.2. The molecule has 6 heteroatoms. The van der Waals surface area contributed by atoms with Crippen molar-refractivity contribution in [1.29, 1.82) is 0 Å². The molecule has 2 N–H and O–H groups in total. The predicted molar refractivity (Wildman–Crippen MR) is 68.9 cm³/mol. The van der Waals surface area contributed by atoms with Crippen LogP contribution >= 0.6 is 0 Å². The zero-order valence-corrected chi connectivity index (χ0v) is 10.8. The van der Waals surface area contributed by atoms with Gasteiger partial charge in [0.05, 0.1) is 18.8 Å². The highest BCUT2D eigenvalue weighted by Crippen LogP contribution is 2.15. The largest absolute Gasteiger partial charge is 0.467 e. The van der Waals surface area contributed by atoms with E-state index < -0.39 is 23.7 Å². The molecule has 0 bridgehead atoms. The van der Waals surface area contributed by atoms with Crippen LogP contribution in [0.5, 0.6) is 0 Å². The first-order chi connectivity index (χ1) is 9.56. The molecule has 0 aliphatic heterocycles. The smallest absolute Gasteiger partial charge is 0.315 e. The minimum atomic E-state index is -0.938. The molecule has 1 aromatic carbocycles. The summed E-state index contributed by atoms with van der Waals surface area (Å²) in [5, 5.41) is 5.22. The second-order valence-corrected chi connectivity index (χ2v) is 4.30. The van der Waals surface area contributed by atoms with Gasteiger partial charge in [-0.15, -0.1) is 0 Å². The number of urea groups is 1. The van der Waals surface area contributed by atoms with Gasteiger partial charge in [-0.1, -0.05) is 6.07 Å². The van der Waals surface area contributed by atoms with Gasteiger partial charge in [-0.05, 0) is 36.8 Å². The maximum atomic E-state index is 13.1. The zero-order valence-electron chi connectivity index (χ0n) is 10.8. The van der Waals surface area contributed by atoms with Crippen molar-refractivity contribution >= 4 is 6.03 Å². The molecule has 0 radical (unpaired) electrons. The third kappa shape index (κ3) is 3.57. The first-order valence-electron chi connectivity index (χ1n) is 6.08. The van der Waals surface area contributed by atoms with Crippen molar-refractivity contribution in [2.45, 2.75) is 19.5 Å². The number of hydrogen-bond donors (Lipinski definition) is 2. The Hall–Kier alpha value is -2.37. The van der Waals surface area contributed by atoms with E-state index in [0.717, 1.165) is 12.1 Å². The number of halogens is 2. The lowest BCUT2D eigenvalue weighted by molar-refractivity contribution is 0.236. The number of carbonyl (C=O) groups is 1. The number of nitrogens with one attached hydrogen (secondary N) is 2. The van der Waals surface area contributed by atoms with Gasteiger partial charge >= 0.3 is 6.03 Å². The molecule has 0 aliphatic rings. The molecule has 2 rings (SSSR count). The summed E-state index contributed by atoms with van der Waals surface area (Å²) in [5.74, 6) is -1.23. The Kier molecular flexibility index (Phi) is 4.34. The summed E-state index contributed by atoms with van der Waals surface area (Å²) >= 11 is 0. The molecule has 20 heavy (non-hydrogen) atoms. The molecule has 4 nitrogen and oxygen atoms in total. The van der Waals surface area contributed by atoms with Crippen molar-refractivity contribution < 1.29 is 18.0 Å². The Balaban J connectivity index is 1.88. The number of rotatable bonds is 4. The molecule has 106 valence electrons. The van der Waals surface area contributed by atoms with Crippen LogP contribution in [-0.2, 0) is 6.54 Å². The van der Waals surface area contributed by atoms with Gasteiger partial charge in [-0.2, -0.15) is 0 Å². The fraction of sp³-hybridized carbons (Fsp3) is 0.214. The van der Waals surface area contributed by atoms with E-state index in [0.29, 0.717) is 11.3 Å². The number of furan rings is 1. The summed E-state index contributed by atoms with van der Waals surface area (Å²) in [6.45, 7) is 1.93. The van der Waals surface area contributed by atoms with E-state index in [-0.39, 0.29) is 6.54 Å². The van der Waals surface area contributed by atoms with E-state index in [1.165, 1.54) is 12.3 Å². The van der Waals surface area contributed by atoms with Crippen LogP contribution in [0.15, 0.2) is 41.0 Å². The lowest BCUT2D eigenvalue weighted by Crippen LogP contribution is -2.36. The summed E-state index contributed by atoms with van der Waals surface area (Å²) < 4.78 is 31.0. The molecular formula is C14H14F2N2O2. The SMILES string of the molecule is CC(NC(=O)NCc1ccco1)c1ccc(F)c(F)c1. The first-order valence-corrected chi connectivity index (χ1v) is 6.08. The van der Waals surface area contributed by atoms with Crippen molar-refractivity contribution in [1.82, 2.24) is 10.6 Å². The number of amides is 2. The quantitative estimate of drug-likeness (QED) is 0.904. The van der Waals surface area contributed by atoms with E-state index >= 15 is 0 Å². The number of hydrogen-bond acceptors (Lipinski definition) is 2. The molecule has 0 spiro atoms. The fourth-order valence-corrected chi connectivity index (χ4v) is 1.69. The topological polar surface area (TPSA) is 54.3 Å². The van der Waals surface area contributed by atoms with E-state index in [1.807, 2.05) is 0 Å². The molecule has 1 aromatic heterocycles. The van der Waals surface area contributed by atoms with Crippen LogP contribution in [0.4, 0.5) is 13.6 Å². The molecule has 1 unspecified atom stereocenters. The molecule has 1 heterocycles. The Morgan fingerprint density at radius 1 is 1.30 bits per heavy atom. The van der Waals surface area contributed by atoms with Crippen LogP contribution in [0.1, 0.15) is 24.3 Å². The van der Waals surface area contributed by atoms with Gasteiger partial charge in [0.1, 0.15) is 5.76 Å². The lowest BCUT2D eigenvalue weighted by Gasteiger charge is -2.15. The molecule has 0 saturated heterocycles. The van der Waals surface area contributed by atoms with Gasteiger partial charge in [0.25, 0.3) is 0 Å². The first kappa shape index (κ1) is 14.0. The lowest BCUT2D eigenvalue weighted by atomic mass is 10.1. The maximum Gasteiger partial charge on any atom is 0.315 e. The third-order valence-electron chi connectivity index (χ3n) is 2.79. The summed E-state index contributed by atoms with van der Waals surface area (Å²) in [6, 6.07) is 6.12. The Morgan fingerprint density at radius 2 is 2.10 bits per heavy atom. The molecule has 0 aliphatic carbocycles. The highest BCUT2D eigenvalue weighted by Gasteiger charge is 2.12. The number of benzene rings is 1. The predicted octanol–water partition coefficient (Wildman–Crippen LogP) is 3.12. The van der Waals surface area contributed by atoms with Crippen molar-refractivity contribution in [3.05, 3.63) is 59.6 Å². The van der Waals surface area contributed by atoms with Gasteiger partial charge in [-0.25, -0.2) is 13.6 Å². The summed E-state index contributed by atoms with van der Waals surface area (Å²) in [5.41, 5.74) is 0.483. The average molecular weight is 280 g/mol. The highest BCUT2D eigenvalue weighted by molar-refractivity contribution is 5.74. The van der Waals surface area contributed by atoms with E-state index in [2.05, 4.69) is 10.6 Å². The van der Waals surface area contributed by atoms with Gasteiger partial charge in [0.15, 0.2) is 11.6 Å². The molecule has 2 amide bonds. The third-order valence-corrected chi connectivity index (χ3v) is 2.79. The van der Waals surface area contributed by atoms with E-state index in [4.69, 9.17) is 4.42 Å². The van der Waals surface area contributed by atoms with Crippen LogP contribution in [0.2, 0.25) is 0 Å². The van der Waals surface area contributed by atoms with Crippen molar-refractivity contribution in [2.24, 2.45) is 0 Å². The standard InChI is InChI=1S/C14H14F2N2O2/c1-9(10-4-5-12(15)13(16)7-10)18-14(19)17-8-11-3-2-6-20-11/h2-7,9H,8H2,1H3,(H2,17,18,19). The summed E-state index contributed by atoms with van der Waals surface area (Å²) in [7, 11) is 0. The Bertz CT molecular complexity index is 585.